The van der Waals surface area contributed by atoms with E-state index in [0.717, 1.165) is 0 Å². The predicted octanol–water partition coefficient (Wildman–Crippen LogP) is 13.0. The maximum Gasteiger partial charge on any atom is 0.0355 e. The highest BCUT2D eigenvalue weighted by atomic mass is 32.1. The first-order valence-electron chi connectivity index (χ1n) is 15.4. The van der Waals surface area contributed by atoms with E-state index in [1.54, 1.807) is 0 Å². The maximum atomic E-state index is 2.31. The van der Waals surface area contributed by atoms with Crippen LogP contribution in [0.1, 0.15) is 0 Å². The Bertz CT molecular complexity index is 2420. The van der Waals surface area contributed by atoms with E-state index in [1.165, 1.54) is 86.2 Å². The second-order valence-corrected chi connectivity index (χ2v) is 12.8. The van der Waals surface area contributed by atoms with Crippen LogP contribution in [0, 0.1) is 0 Å². The average molecular weight is 589 g/mol. The van der Waals surface area contributed by atoms with Crippen molar-refractivity contribution in [1.29, 1.82) is 0 Å². The van der Waals surface area contributed by atoms with E-state index in [2.05, 4.69) is 170 Å². The molecule has 0 bridgehead atoms. The fourth-order valence-corrected chi connectivity index (χ4v) is 7.94. The fraction of sp³-hybridized carbons (Fsp3) is 0. The van der Waals surface area contributed by atoms with Crippen molar-refractivity contribution >= 4 is 53.7 Å². The molecule has 0 aliphatic heterocycles. The van der Waals surface area contributed by atoms with E-state index >= 15 is 0 Å². The van der Waals surface area contributed by atoms with Gasteiger partial charge in [-0.05, 0) is 94.8 Å². The third-order valence-electron chi connectivity index (χ3n) is 9.07. The molecular weight excluding hydrogens is 561 g/mol. The Morgan fingerprint density at radius 3 is 1.31 bits per heavy atom. The van der Waals surface area contributed by atoms with Crippen LogP contribution in [0.2, 0.25) is 0 Å². The SMILES string of the molecule is c1ccc2cc(-c3ccc(-c4c5ccccc5c(-c5ccc(-c6cc7ccccc7s6)cc5)c5ccccc45)cc3)ccc2c1. The van der Waals surface area contributed by atoms with Crippen LogP contribution in [0.5, 0.6) is 0 Å². The van der Waals surface area contributed by atoms with Crippen molar-refractivity contribution in [3.63, 3.8) is 0 Å². The van der Waals surface area contributed by atoms with Gasteiger partial charge < -0.3 is 0 Å². The normalized spacial score (nSPS) is 11.6. The van der Waals surface area contributed by atoms with Crippen molar-refractivity contribution in [2.24, 2.45) is 0 Å². The molecule has 0 aliphatic carbocycles. The van der Waals surface area contributed by atoms with Crippen molar-refractivity contribution in [1.82, 2.24) is 0 Å². The zero-order valence-electron chi connectivity index (χ0n) is 24.6. The molecule has 1 aromatic heterocycles. The summed E-state index contributed by atoms with van der Waals surface area (Å²) in [5.74, 6) is 0. The standard InChI is InChI=1S/C44H28S/c1-2-10-34-27-35(26-19-29(34)9-1)30-17-22-32(23-18-30)43-37-12-4-6-14-39(37)44(40-15-7-5-13-38(40)43)33-24-20-31(21-25-33)42-28-36-11-3-8-16-41(36)45-42/h1-28H. The summed E-state index contributed by atoms with van der Waals surface area (Å²) in [5.41, 5.74) is 8.79. The van der Waals surface area contributed by atoms with Crippen molar-refractivity contribution in [2.75, 3.05) is 0 Å². The highest BCUT2D eigenvalue weighted by Gasteiger charge is 2.17. The van der Waals surface area contributed by atoms with Gasteiger partial charge in [0.2, 0.25) is 0 Å². The van der Waals surface area contributed by atoms with Gasteiger partial charge in [0.1, 0.15) is 0 Å². The topological polar surface area (TPSA) is 0 Å². The van der Waals surface area contributed by atoms with Crippen LogP contribution in [-0.4, -0.2) is 0 Å². The third kappa shape index (κ3) is 4.44. The van der Waals surface area contributed by atoms with Gasteiger partial charge in [-0.1, -0.05) is 152 Å². The molecule has 0 nitrogen and oxygen atoms in total. The molecule has 8 aromatic carbocycles. The lowest BCUT2D eigenvalue weighted by molar-refractivity contribution is 1.62. The molecule has 0 atom stereocenters. The summed E-state index contributed by atoms with van der Waals surface area (Å²) >= 11 is 1.86. The molecule has 1 heterocycles. The maximum absolute atomic E-state index is 2.31. The summed E-state index contributed by atoms with van der Waals surface area (Å²) < 4.78 is 1.33. The summed E-state index contributed by atoms with van der Waals surface area (Å²) in [6.07, 6.45) is 0. The smallest absolute Gasteiger partial charge is 0.0355 e. The first kappa shape index (κ1) is 25.9. The molecule has 210 valence electrons. The third-order valence-corrected chi connectivity index (χ3v) is 10.2. The molecule has 9 aromatic rings. The summed E-state index contributed by atoms with van der Waals surface area (Å²) in [4.78, 5) is 1.31. The van der Waals surface area contributed by atoms with Gasteiger partial charge in [-0.2, -0.15) is 0 Å². The number of thiophene rings is 1. The minimum Gasteiger partial charge on any atom is -0.135 e. The van der Waals surface area contributed by atoms with E-state index < -0.39 is 0 Å². The quantitative estimate of drug-likeness (QED) is 0.179. The summed E-state index contributed by atoms with van der Waals surface area (Å²) in [7, 11) is 0. The van der Waals surface area contributed by atoms with Gasteiger partial charge in [0.15, 0.2) is 0 Å². The largest absolute Gasteiger partial charge is 0.135 e. The lowest BCUT2D eigenvalue weighted by Crippen LogP contribution is -1.91. The molecule has 1 heteroatoms. The molecule has 0 saturated heterocycles. The Kier molecular flexibility index (Phi) is 6.11. The summed E-state index contributed by atoms with van der Waals surface area (Å²) in [6.45, 7) is 0. The van der Waals surface area contributed by atoms with E-state index in [4.69, 9.17) is 0 Å². The lowest BCUT2D eigenvalue weighted by atomic mass is 9.85. The number of hydrogen-bond acceptors (Lipinski definition) is 1. The van der Waals surface area contributed by atoms with Gasteiger partial charge in [0.25, 0.3) is 0 Å². The summed E-state index contributed by atoms with van der Waals surface area (Å²) in [6, 6.07) is 62.3. The summed E-state index contributed by atoms with van der Waals surface area (Å²) in [5, 5.41) is 8.95. The van der Waals surface area contributed by atoms with Gasteiger partial charge >= 0.3 is 0 Å². The molecule has 0 unspecified atom stereocenters. The van der Waals surface area contributed by atoms with Crippen LogP contribution < -0.4 is 0 Å². The van der Waals surface area contributed by atoms with Crippen LogP contribution in [0.25, 0.3) is 86.2 Å². The number of fused-ring (bicyclic) bond motifs is 4. The zero-order valence-corrected chi connectivity index (χ0v) is 25.4. The second kappa shape index (κ2) is 10.6. The molecule has 0 N–H and O–H groups in total. The Morgan fingerprint density at radius 1 is 0.289 bits per heavy atom. The van der Waals surface area contributed by atoms with Crippen molar-refractivity contribution in [2.45, 2.75) is 0 Å². The number of benzene rings is 8. The van der Waals surface area contributed by atoms with E-state index in [-0.39, 0.29) is 0 Å². The zero-order chi connectivity index (χ0) is 29.7. The van der Waals surface area contributed by atoms with Gasteiger partial charge in [0, 0.05) is 9.58 Å². The van der Waals surface area contributed by atoms with Crippen LogP contribution in [-0.2, 0) is 0 Å². The molecule has 9 rings (SSSR count). The molecule has 0 saturated carbocycles. The molecule has 0 radical (unpaired) electrons. The van der Waals surface area contributed by atoms with Gasteiger partial charge in [-0.3, -0.25) is 0 Å². The number of rotatable bonds is 4. The van der Waals surface area contributed by atoms with Gasteiger partial charge in [-0.15, -0.1) is 11.3 Å². The first-order valence-corrected chi connectivity index (χ1v) is 16.2. The van der Waals surface area contributed by atoms with Crippen LogP contribution >= 0.6 is 11.3 Å². The van der Waals surface area contributed by atoms with Gasteiger partial charge in [-0.25, -0.2) is 0 Å². The molecule has 0 aliphatic rings. The van der Waals surface area contributed by atoms with Crippen LogP contribution in [0.3, 0.4) is 0 Å². The minimum absolute atomic E-state index is 1.23. The average Bonchev–Trinajstić information content (AvgIpc) is 3.55. The highest BCUT2D eigenvalue weighted by molar-refractivity contribution is 7.22. The predicted molar refractivity (Wildman–Crippen MR) is 196 cm³/mol. The molecule has 0 spiro atoms. The molecular formula is C44H28S. The van der Waals surface area contributed by atoms with E-state index in [9.17, 15) is 0 Å². The van der Waals surface area contributed by atoms with Crippen LogP contribution in [0.15, 0.2) is 170 Å². The fourth-order valence-electron chi connectivity index (χ4n) is 6.87. The molecule has 0 fully saturated rings. The van der Waals surface area contributed by atoms with Crippen molar-refractivity contribution in [3.8, 4) is 43.8 Å². The Labute approximate surface area is 266 Å². The Hall–Kier alpha value is -5.50. The Morgan fingerprint density at radius 2 is 0.733 bits per heavy atom. The highest BCUT2D eigenvalue weighted by Crippen LogP contribution is 2.44. The molecule has 0 amide bonds. The van der Waals surface area contributed by atoms with E-state index in [1.807, 2.05) is 11.3 Å². The number of hydrogen-bond donors (Lipinski definition) is 0. The van der Waals surface area contributed by atoms with Crippen molar-refractivity contribution < 1.29 is 0 Å². The monoisotopic (exact) mass is 588 g/mol. The van der Waals surface area contributed by atoms with E-state index in [0.29, 0.717) is 0 Å². The Balaban J connectivity index is 1.17. The lowest BCUT2D eigenvalue weighted by Gasteiger charge is -2.18. The van der Waals surface area contributed by atoms with Crippen LogP contribution in [0.4, 0.5) is 0 Å². The second-order valence-electron chi connectivity index (χ2n) is 11.7. The first-order chi connectivity index (χ1) is 22.3. The minimum atomic E-state index is 1.23. The molecule has 45 heavy (non-hydrogen) atoms. The van der Waals surface area contributed by atoms with Crippen molar-refractivity contribution in [3.05, 3.63) is 170 Å². The van der Waals surface area contributed by atoms with Gasteiger partial charge in [0.05, 0.1) is 0 Å².